The summed E-state index contributed by atoms with van der Waals surface area (Å²) < 4.78 is 31.5. The van der Waals surface area contributed by atoms with E-state index in [1.807, 2.05) is 0 Å². The van der Waals surface area contributed by atoms with E-state index >= 15 is 0 Å². The Balaban J connectivity index is 1.52. The molecule has 3 heterocycles. The Labute approximate surface area is 174 Å². The summed E-state index contributed by atoms with van der Waals surface area (Å²) in [6.45, 7) is 11.6. The summed E-state index contributed by atoms with van der Waals surface area (Å²) in [5.74, 6) is 1.39. The molecule has 0 saturated carbocycles. The third-order valence-corrected chi connectivity index (χ3v) is 7.31. The first-order valence-electron chi connectivity index (χ1n) is 10.6. The van der Waals surface area contributed by atoms with Crippen LogP contribution in [0.4, 0.5) is 0 Å². The summed E-state index contributed by atoms with van der Waals surface area (Å²) in [7, 11) is -3.39. The second-order valence-corrected chi connectivity index (χ2v) is 9.75. The van der Waals surface area contributed by atoms with Gasteiger partial charge in [0.25, 0.3) is 0 Å². The van der Waals surface area contributed by atoms with Gasteiger partial charge in [0, 0.05) is 51.9 Å². The predicted molar refractivity (Wildman–Crippen MR) is 113 cm³/mol. The van der Waals surface area contributed by atoms with E-state index < -0.39 is 10.0 Å². The first-order chi connectivity index (χ1) is 14.0. The van der Waals surface area contributed by atoms with Gasteiger partial charge in [-0.15, -0.1) is 0 Å². The quantitative estimate of drug-likeness (QED) is 0.486. The molecular weight excluding hydrogens is 392 g/mol. The fourth-order valence-corrected chi connectivity index (χ4v) is 5.42. The molecule has 2 aliphatic heterocycles. The number of rotatable bonds is 8. The second-order valence-electron chi connectivity index (χ2n) is 7.78. The van der Waals surface area contributed by atoms with E-state index in [2.05, 4.69) is 34.1 Å². The van der Waals surface area contributed by atoms with Gasteiger partial charge in [-0.05, 0) is 38.8 Å². The highest BCUT2D eigenvalue weighted by Gasteiger charge is 2.29. The fraction of sp³-hybridized carbons (Fsp3) is 0.789. The molecule has 0 spiro atoms. The van der Waals surface area contributed by atoms with Crippen molar-refractivity contribution in [2.45, 2.75) is 32.4 Å². The number of nitrogens with zero attached hydrogens (tertiary/aromatic N) is 5. The van der Waals surface area contributed by atoms with Gasteiger partial charge in [-0.2, -0.15) is 4.31 Å². The minimum absolute atomic E-state index is 0.117. The Morgan fingerprint density at radius 1 is 1.28 bits per heavy atom. The highest BCUT2D eigenvalue weighted by Crippen LogP contribution is 2.17. The van der Waals surface area contributed by atoms with Gasteiger partial charge in [0.2, 0.25) is 10.0 Å². The molecule has 1 aromatic heterocycles. The molecule has 0 aromatic carbocycles. The molecule has 164 valence electrons. The number of hydrogen-bond donors (Lipinski definition) is 1. The maximum absolute atomic E-state index is 12.6. The Kier molecular flexibility index (Phi) is 7.91. The lowest BCUT2D eigenvalue weighted by atomic mass is 10.1. The van der Waals surface area contributed by atoms with E-state index in [1.165, 1.54) is 32.2 Å². The topological polar surface area (TPSA) is 94.3 Å². The largest absolute Gasteiger partial charge is 0.364 e. The van der Waals surface area contributed by atoms with Crippen LogP contribution in [0.15, 0.2) is 21.8 Å². The van der Waals surface area contributed by atoms with Gasteiger partial charge in [0.05, 0.1) is 5.69 Å². The lowest BCUT2D eigenvalue weighted by Crippen LogP contribution is -2.54. The lowest BCUT2D eigenvalue weighted by Gasteiger charge is -2.35. The average Bonchev–Trinajstić information content (AvgIpc) is 3.37. The van der Waals surface area contributed by atoms with E-state index in [-0.39, 0.29) is 5.75 Å². The molecule has 1 N–H and O–H groups in total. The zero-order valence-electron chi connectivity index (χ0n) is 17.6. The van der Waals surface area contributed by atoms with Gasteiger partial charge >= 0.3 is 0 Å². The average molecular weight is 427 g/mol. The van der Waals surface area contributed by atoms with Crippen molar-refractivity contribution in [1.29, 1.82) is 0 Å². The number of piperazine rings is 1. The Bertz CT molecular complexity index is 744. The van der Waals surface area contributed by atoms with Crippen LogP contribution in [0.1, 0.15) is 32.4 Å². The summed E-state index contributed by atoms with van der Waals surface area (Å²) in [5, 5.41) is 7.09. The molecule has 0 aliphatic carbocycles. The zero-order chi connectivity index (χ0) is 20.7. The van der Waals surface area contributed by atoms with Crippen molar-refractivity contribution < 1.29 is 12.9 Å². The molecular formula is C19H34N6O3S. The normalized spacial score (nSPS) is 22.3. The molecule has 2 fully saturated rings. The molecule has 0 bridgehead atoms. The lowest BCUT2D eigenvalue weighted by molar-refractivity contribution is 0.259. The van der Waals surface area contributed by atoms with Crippen LogP contribution < -0.4 is 5.32 Å². The number of likely N-dealkylation sites (tertiary alicyclic amines) is 1. The Morgan fingerprint density at radius 3 is 2.72 bits per heavy atom. The van der Waals surface area contributed by atoms with Crippen LogP contribution in [-0.2, 0) is 15.8 Å². The SMILES string of the molecule is CCCN1CCC(CN=C(NCC)N2CCN(S(=O)(=O)Cc3ccon3)CC2)C1. The Morgan fingerprint density at radius 2 is 2.07 bits per heavy atom. The van der Waals surface area contributed by atoms with Crippen molar-refractivity contribution >= 4 is 16.0 Å². The monoisotopic (exact) mass is 426 g/mol. The van der Waals surface area contributed by atoms with E-state index in [0.29, 0.717) is 37.8 Å². The van der Waals surface area contributed by atoms with Crippen LogP contribution in [0.2, 0.25) is 0 Å². The minimum atomic E-state index is -3.39. The highest BCUT2D eigenvalue weighted by molar-refractivity contribution is 7.88. The van der Waals surface area contributed by atoms with Gasteiger partial charge in [-0.3, -0.25) is 4.99 Å². The Hall–Kier alpha value is -1.65. The molecule has 0 amide bonds. The van der Waals surface area contributed by atoms with Crippen molar-refractivity contribution in [2.24, 2.45) is 10.9 Å². The minimum Gasteiger partial charge on any atom is -0.364 e. The molecule has 1 aromatic rings. The first-order valence-corrected chi connectivity index (χ1v) is 12.3. The summed E-state index contributed by atoms with van der Waals surface area (Å²) in [5.41, 5.74) is 0.441. The number of guanidine groups is 1. The van der Waals surface area contributed by atoms with Crippen LogP contribution in [0.5, 0.6) is 0 Å². The molecule has 0 radical (unpaired) electrons. The van der Waals surface area contributed by atoms with Crippen LogP contribution in [0, 0.1) is 5.92 Å². The number of nitrogens with one attached hydrogen (secondary N) is 1. The molecule has 9 nitrogen and oxygen atoms in total. The van der Waals surface area contributed by atoms with Crippen molar-refractivity contribution in [1.82, 2.24) is 24.6 Å². The highest BCUT2D eigenvalue weighted by atomic mass is 32.2. The smallest absolute Gasteiger partial charge is 0.220 e. The number of sulfonamides is 1. The summed E-state index contributed by atoms with van der Waals surface area (Å²) in [4.78, 5) is 9.57. The standard InChI is InChI=1S/C19H34N6O3S/c1-3-7-23-8-5-17(15-23)14-21-19(20-4-2)24-9-11-25(12-10-24)29(26,27)16-18-6-13-28-22-18/h6,13,17H,3-5,7-12,14-16H2,1-2H3,(H,20,21). The molecule has 2 saturated heterocycles. The van der Waals surface area contributed by atoms with Gasteiger partial charge in [-0.25, -0.2) is 8.42 Å². The second kappa shape index (κ2) is 10.4. The number of aliphatic imine (C=N–C) groups is 1. The van der Waals surface area contributed by atoms with Crippen LogP contribution in [0.3, 0.4) is 0 Å². The molecule has 3 rings (SSSR count). The molecule has 1 unspecified atom stereocenters. The zero-order valence-corrected chi connectivity index (χ0v) is 18.4. The maximum Gasteiger partial charge on any atom is 0.220 e. The third kappa shape index (κ3) is 6.16. The van der Waals surface area contributed by atoms with Gasteiger partial charge in [0.1, 0.15) is 12.0 Å². The summed E-state index contributed by atoms with van der Waals surface area (Å²) in [6, 6.07) is 1.59. The van der Waals surface area contributed by atoms with Crippen LogP contribution in [-0.4, -0.2) is 92.5 Å². The van der Waals surface area contributed by atoms with Crippen LogP contribution >= 0.6 is 0 Å². The number of hydrogen-bond acceptors (Lipinski definition) is 6. The van der Waals surface area contributed by atoms with Gasteiger partial charge in [-0.1, -0.05) is 12.1 Å². The van der Waals surface area contributed by atoms with Crippen LogP contribution in [0.25, 0.3) is 0 Å². The van der Waals surface area contributed by atoms with Crippen molar-refractivity contribution in [3.63, 3.8) is 0 Å². The van der Waals surface area contributed by atoms with E-state index in [0.717, 1.165) is 25.6 Å². The first kappa shape index (κ1) is 22.0. The molecule has 29 heavy (non-hydrogen) atoms. The van der Waals surface area contributed by atoms with Crippen molar-refractivity contribution in [3.05, 3.63) is 18.0 Å². The number of aromatic nitrogens is 1. The fourth-order valence-electron chi connectivity index (χ4n) is 3.99. The van der Waals surface area contributed by atoms with E-state index in [1.54, 1.807) is 10.4 Å². The van der Waals surface area contributed by atoms with Crippen molar-refractivity contribution in [2.75, 3.05) is 58.9 Å². The van der Waals surface area contributed by atoms with Crippen molar-refractivity contribution in [3.8, 4) is 0 Å². The summed E-state index contributed by atoms with van der Waals surface area (Å²) >= 11 is 0. The van der Waals surface area contributed by atoms with Gasteiger partial charge < -0.3 is 19.6 Å². The van der Waals surface area contributed by atoms with E-state index in [9.17, 15) is 8.42 Å². The maximum atomic E-state index is 12.6. The molecule has 10 heteroatoms. The van der Waals surface area contributed by atoms with Gasteiger partial charge in [0.15, 0.2) is 5.96 Å². The molecule has 2 aliphatic rings. The van der Waals surface area contributed by atoms with E-state index in [4.69, 9.17) is 9.52 Å². The predicted octanol–water partition coefficient (Wildman–Crippen LogP) is 0.819. The summed E-state index contributed by atoms with van der Waals surface area (Å²) in [6.07, 6.45) is 3.80. The molecule has 1 atom stereocenters. The third-order valence-electron chi connectivity index (χ3n) is 5.50.